The summed E-state index contributed by atoms with van der Waals surface area (Å²) >= 11 is 5.84. The molecular weight excluding hydrogens is 492 g/mol. The number of ether oxygens (including phenoxy) is 2. The van der Waals surface area contributed by atoms with Crippen molar-refractivity contribution in [2.75, 3.05) is 37.7 Å². The van der Waals surface area contributed by atoms with Gasteiger partial charge in [0.25, 0.3) is 15.9 Å². The number of amides is 1. The molecule has 1 N–H and O–H groups in total. The van der Waals surface area contributed by atoms with Crippen LogP contribution in [0.1, 0.15) is 15.9 Å². The van der Waals surface area contributed by atoms with E-state index in [2.05, 4.69) is 14.6 Å². The number of sulfonamides is 1. The summed E-state index contributed by atoms with van der Waals surface area (Å²) in [5.74, 6) is 1.33. The molecule has 0 atom stereocenters. The first kappa shape index (κ1) is 23.4. The summed E-state index contributed by atoms with van der Waals surface area (Å²) in [5, 5.41) is 0.439. The van der Waals surface area contributed by atoms with E-state index in [1.807, 2.05) is 18.2 Å². The molecule has 1 amide bonds. The molecule has 2 aliphatic rings. The first-order valence-corrected chi connectivity index (χ1v) is 12.9. The zero-order chi connectivity index (χ0) is 24.4. The van der Waals surface area contributed by atoms with Crippen LogP contribution in [0.3, 0.4) is 0 Å². The lowest BCUT2D eigenvalue weighted by molar-refractivity contribution is 0.0628. The van der Waals surface area contributed by atoms with Crippen LogP contribution in [0.4, 0.5) is 5.69 Å². The minimum absolute atomic E-state index is 0.0669. The third kappa shape index (κ3) is 5.34. The van der Waals surface area contributed by atoms with Gasteiger partial charge in [-0.2, -0.15) is 0 Å². The summed E-state index contributed by atoms with van der Waals surface area (Å²) in [7, 11) is -3.84. The fraction of sp³-hybridized carbons (Fsp3) is 0.250. The summed E-state index contributed by atoms with van der Waals surface area (Å²) in [5.41, 5.74) is 1.66. The van der Waals surface area contributed by atoms with E-state index in [0.717, 1.165) is 36.7 Å². The van der Waals surface area contributed by atoms with Gasteiger partial charge in [-0.05, 0) is 48.0 Å². The molecule has 0 bridgehead atoms. The molecule has 0 aliphatic carbocycles. The Morgan fingerprint density at radius 1 is 0.971 bits per heavy atom. The molecule has 0 unspecified atom stereocenters. The van der Waals surface area contributed by atoms with Gasteiger partial charge in [0.05, 0.1) is 22.3 Å². The molecule has 2 aliphatic heterocycles. The first-order chi connectivity index (χ1) is 16.9. The molecule has 0 spiro atoms. The number of nitrogens with one attached hydrogen (secondary N) is 1. The van der Waals surface area contributed by atoms with Crippen LogP contribution in [-0.4, -0.2) is 62.1 Å². The number of piperazine rings is 1. The topological polar surface area (TPSA) is 101 Å². The number of fused-ring (bicyclic) bond motifs is 1. The maximum Gasteiger partial charge on any atom is 0.261 e. The Morgan fingerprint density at radius 3 is 2.49 bits per heavy atom. The molecule has 1 saturated heterocycles. The Labute approximate surface area is 208 Å². The molecule has 0 saturated carbocycles. The van der Waals surface area contributed by atoms with E-state index in [0.29, 0.717) is 23.7 Å². The molecule has 3 heterocycles. The number of pyridine rings is 1. The molecule has 1 fully saturated rings. The molecule has 2 aromatic carbocycles. The largest absolute Gasteiger partial charge is 0.454 e. The average molecular weight is 515 g/mol. The third-order valence-electron chi connectivity index (χ3n) is 5.86. The highest BCUT2D eigenvalue weighted by atomic mass is 35.5. The van der Waals surface area contributed by atoms with Crippen molar-refractivity contribution < 1.29 is 22.7 Å². The molecule has 35 heavy (non-hydrogen) atoms. The SMILES string of the molecule is O=C(c1cncc(NS(=O)(=O)c2ccc(Cl)cc2)c1)N1CCN(Cc2ccc3c(c2)OCO3)CC1. The van der Waals surface area contributed by atoms with Gasteiger partial charge in [0.15, 0.2) is 11.5 Å². The van der Waals surface area contributed by atoms with Crippen LogP contribution in [0.2, 0.25) is 5.02 Å². The molecule has 1 aromatic heterocycles. The van der Waals surface area contributed by atoms with Crippen molar-refractivity contribution in [3.05, 3.63) is 77.1 Å². The lowest BCUT2D eigenvalue weighted by Crippen LogP contribution is -2.48. The van der Waals surface area contributed by atoms with E-state index < -0.39 is 10.0 Å². The van der Waals surface area contributed by atoms with Crippen LogP contribution in [0.5, 0.6) is 11.5 Å². The van der Waals surface area contributed by atoms with Crippen LogP contribution in [0.15, 0.2) is 65.8 Å². The van der Waals surface area contributed by atoms with E-state index in [-0.39, 0.29) is 23.3 Å². The van der Waals surface area contributed by atoms with E-state index in [1.165, 1.54) is 42.7 Å². The number of rotatable bonds is 6. The van der Waals surface area contributed by atoms with Crippen LogP contribution in [0, 0.1) is 0 Å². The van der Waals surface area contributed by atoms with Crippen molar-refractivity contribution in [1.29, 1.82) is 0 Å². The first-order valence-electron chi connectivity index (χ1n) is 11.0. The van der Waals surface area contributed by atoms with Gasteiger partial charge in [-0.1, -0.05) is 17.7 Å². The maximum absolute atomic E-state index is 13.1. The quantitative estimate of drug-likeness (QED) is 0.539. The minimum Gasteiger partial charge on any atom is -0.454 e. The fourth-order valence-corrected chi connectivity index (χ4v) is 5.19. The second-order valence-corrected chi connectivity index (χ2v) is 10.4. The van der Waals surface area contributed by atoms with Crippen molar-refractivity contribution in [2.24, 2.45) is 0 Å². The predicted octanol–water partition coefficient (Wildman–Crippen LogP) is 3.22. The lowest BCUT2D eigenvalue weighted by atomic mass is 10.1. The summed E-state index contributed by atoms with van der Waals surface area (Å²) in [6, 6.07) is 13.3. The number of benzene rings is 2. The Bertz CT molecular complexity index is 1340. The van der Waals surface area contributed by atoms with Gasteiger partial charge < -0.3 is 14.4 Å². The van der Waals surface area contributed by atoms with E-state index >= 15 is 0 Å². The number of aromatic nitrogens is 1. The van der Waals surface area contributed by atoms with Crippen molar-refractivity contribution in [2.45, 2.75) is 11.4 Å². The summed E-state index contributed by atoms with van der Waals surface area (Å²) < 4.78 is 38.6. The highest BCUT2D eigenvalue weighted by Gasteiger charge is 2.24. The Kier molecular flexibility index (Phi) is 6.50. The summed E-state index contributed by atoms with van der Waals surface area (Å²) in [6.45, 7) is 3.56. The number of carbonyl (C=O) groups excluding carboxylic acids is 1. The number of halogens is 1. The third-order valence-corrected chi connectivity index (χ3v) is 7.51. The molecule has 5 rings (SSSR count). The lowest BCUT2D eigenvalue weighted by Gasteiger charge is -2.34. The van der Waals surface area contributed by atoms with Crippen molar-refractivity contribution in [3.63, 3.8) is 0 Å². The average Bonchev–Trinajstić information content (AvgIpc) is 3.32. The van der Waals surface area contributed by atoms with Crippen molar-refractivity contribution in [1.82, 2.24) is 14.8 Å². The molecule has 3 aromatic rings. The Hall–Kier alpha value is -3.34. The highest BCUT2D eigenvalue weighted by molar-refractivity contribution is 7.92. The minimum atomic E-state index is -3.84. The number of carbonyl (C=O) groups is 1. The fourth-order valence-electron chi connectivity index (χ4n) is 4.03. The van der Waals surface area contributed by atoms with Crippen LogP contribution in [-0.2, 0) is 16.6 Å². The van der Waals surface area contributed by atoms with Crippen molar-refractivity contribution >= 4 is 33.2 Å². The van der Waals surface area contributed by atoms with Gasteiger partial charge in [-0.25, -0.2) is 8.42 Å². The second kappa shape index (κ2) is 9.73. The van der Waals surface area contributed by atoms with Gasteiger partial charge >= 0.3 is 0 Å². The van der Waals surface area contributed by atoms with Gasteiger partial charge in [-0.3, -0.25) is 19.4 Å². The van der Waals surface area contributed by atoms with Gasteiger partial charge in [0, 0.05) is 43.9 Å². The van der Waals surface area contributed by atoms with Gasteiger partial charge in [0.2, 0.25) is 6.79 Å². The summed E-state index contributed by atoms with van der Waals surface area (Å²) in [4.78, 5) is 21.2. The smallest absolute Gasteiger partial charge is 0.261 e. The number of nitrogens with zero attached hydrogens (tertiary/aromatic N) is 3. The zero-order valence-corrected chi connectivity index (χ0v) is 20.3. The normalized spacial score (nSPS) is 15.7. The predicted molar refractivity (Wildman–Crippen MR) is 130 cm³/mol. The maximum atomic E-state index is 13.1. The highest BCUT2D eigenvalue weighted by Crippen LogP contribution is 2.33. The molecule has 182 valence electrons. The Morgan fingerprint density at radius 2 is 1.71 bits per heavy atom. The second-order valence-electron chi connectivity index (χ2n) is 8.28. The van der Waals surface area contributed by atoms with Gasteiger partial charge in [0.1, 0.15) is 0 Å². The molecular formula is C24H23ClN4O5S. The Balaban J connectivity index is 1.19. The molecule has 11 heteroatoms. The van der Waals surface area contributed by atoms with Crippen LogP contribution in [0.25, 0.3) is 0 Å². The molecule has 9 nitrogen and oxygen atoms in total. The summed E-state index contributed by atoms with van der Waals surface area (Å²) in [6.07, 6.45) is 2.81. The van der Waals surface area contributed by atoms with Crippen molar-refractivity contribution in [3.8, 4) is 11.5 Å². The number of hydrogen-bond acceptors (Lipinski definition) is 7. The standard InChI is InChI=1S/C24H23ClN4O5S/c25-19-2-4-21(5-3-19)35(31,32)27-20-12-18(13-26-14-20)24(30)29-9-7-28(8-10-29)15-17-1-6-22-23(11-17)34-16-33-22/h1-6,11-14,27H,7-10,15-16H2. The van der Waals surface area contributed by atoms with E-state index in [1.54, 1.807) is 4.90 Å². The van der Waals surface area contributed by atoms with Gasteiger partial charge in [-0.15, -0.1) is 0 Å². The molecule has 0 radical (unpaired) electrons. The van der Waals surface area contributed by atoms with Crippen LogP contribution >= 0.6 is 11.6 Å². The van der Waals surface area contributed by atoms with E-state index in [9.17, 15) is 13.2 Å². The number of hydrogen-bond donors (Lipinski definition) is 1. The van der Waals surface area contributed by atoms with Crippen LogP contribution < -0.4 is 14.2 Å². The monoisotopic (exact) mass is 514 g/mol. The number of anilines is 1. The zero-order valence-electron chi connectivity index (χ0n) is 18.7. The van der Waals surface area contributed by atoms with E-state index in [4.69, 9.17) is 21.1 Å².